The van der Waals surface area contributed by atoms with Crippen molar-refractivity contribution in [2.45, 2.75) is 13.3 Å². The highest BCUT2D eigenvalue weighted by Crippen LogP contribution is 2.17. The fraction of sp³-hybridized carbons (Fsp3) is 0.400. The van der Waals surface area contributed by atoms with Crippen LogP contribution in [-0.4, -0.2) is 47.5 Å². The molecule has 22 heavy (non-hydrogen) atoms. The average Bonchev–Trinajstić information content (AvgIpc) is 2.81. The van der Waals surface area contributed by atoms with E-state index in [9.17, 15) is 14.4 Å². The van der Waals surface area contributed by atoms with Crippen LogP contribution in [0.3, 0.4) is 0 Å². The van der Waals surface area contributed by atoms with Crippen molar-refractivity contribution in [2.24, 2.45) is 0 Å². The van der Waals surface area contributed by atoms with Crippen LogP contribution in [0, 0.1) is 6.92 Å². The van der Waals surface area contributed by atoms with E-state index in [1.165, 1.54) is 11.1 Å². The number of hydrogen-bond donors (Lipinski definition) is 2. The van der Waals surface area contributed by atoms with Gasteiger partial charge in [-0.05, 0) is 24.5 Å². The first-order chi connectivity index (χ1) is 10.6. The average molecular weight is 321 g/mol. The SMILES string of the molecule is Cc1ccccc1CCNC(=O)NCCN1C(=O)CSC1=O. The molecule has 0 aliphatic carbocycles. The van der Waals surface area contributed by atoms with Crippen LogP contribution in [0.4, 0.5) is 9.59 Å². The maximum absolute atomic E-state index is 11.6. The smallest absolute Gasteiger partial charge is 0.314 e. The van der Waals surface area contributed by atoms with Gasteiger partial charge >= 0.3 is 6.03 Å². The molecule has 0 spiro atoms. The van der Waals surface area contributed by atoms with Crippen molar-refractivity contribution < 1.29 is 14.4 Å². The zero-order valence-electron chi connectivity index (χ0n) is 12.4. The summed E-state index contributed by atoms with van der Waals surface area (Å²) in [5, 5.41) is 5.16. The molecule has 6 nitrogen and oxygen atoms in total. The van der Waals surface area contributed by atoms with Gasteiger partial charge in [0.25, 0.3) is 5.24 Å². The van der Waals surface area contributed by atoms with E-state index >= 15 is 0 Å². The number of imide groups is 1. The number of hydrogen-bond acceptors (Lipinski definition) is 4. The number of carbonyl (C=O) groups is 3. The number of aryl methyl sites for hydroxylation is 1. The Kier molecular flexibility index (Phi) is 5.83. The summed E-state index contributed by atoms with van der Waals surface area (Å²) in [4.78, 5) is 35.5. The van der Waals surface area contributed by atoms with Crippen LogP contribution in [-0.2, 0) is 11.2 Å². The van der Waals surface area contributed by atoms with Crippen LogP contribution in [0.1, 0.15) is 11.1 Å². The molecule has 7 heteroatoms. The summed E-state index contributed by atoms with van der Waals surface area (Å²) in [6.45, 7) is 3.05. The van der Waals surface area contributed by atoms with Crippen LogP contribution >= 0.6 is 11.8 Å². The number of amides is 4. The first-order valence-electron chi connectivity index (χ1n) is 7.11. The molecule has 1 aromatic rings. The van der Waals surface area contributed by atoms with Gasteiger partial charge < -0.3 is 10.6 Å². The molecule has 1 aromatic carbocycles. The molecule has 118 valence electrons. The van der Waals surface area contributed by atoms with E-state index < -0.39 is 0 Å². The molecule has 1 saturated heterocycles. The number of nitrogens with one attached hydrogen (secondary N) is 2. The van der Waals surface area contributed by atoms with E-state index in [2.05, 4.69) is 10.6 Å². The molecular weight excluding hydrogens is 302 g/mol. The van der Waals surface area contributed by atoms with Crippen molar-refractivity contribution in [2.75, 3.05) is 25.4 Å². The second-order valence-electron chi connectivity index (χ2n) is 4.96. The quantitative estimate of drug-likeness (QED) is 0.833. The maximum atomic E-state index is 11.6. The number of carbonyl (C=O) groups excluding carboxylic acids is 3. The molecule has 1 aliphatic rings. The summed E-state index contributed by atoms with van der Waals surface area (Å²) in [6.07, 6.45) is 0.764. The van der Waals surface area contributed by atoms with Gasteiger partial charge in [0.05, 0.1) is 5.75 Å². The summed E-state index contributed by atoms with van der Waals surface area (Å²) in [7, 11) is 0. The van der Waals surface area contributed by atoms with E-state index in [4.69, 9.17) is 0 Å². The third-order valence-corrected chi connectivity index (χ3v) is 4.26. The monoisotopic (exact) mass is 321 g/mol. The normalized spacial score (nSPS) is 14.3. The summed E-state index contributed by atoms with van der Waals surface area (Å²) in [6, 6.07) is 7.75. The fourth-order valence-electron chi connectivity index (χ4n) is 2.14. The van der Waals surface area contributed by atoms with Crippen LogP contribution in [0.2, 0.25) is 0 Å². The molecule has 0 saturated carbocycles. The number of urea groups is 1. The summed E-state index contributed by atoms with van der Waals surface area (Å²) >= 11 is 0.994. The van der Waals surface area contributed by atoms with E-state index in [0.717, 1.165) is 23.1 Å². The van der Waals surface area contributed by atoms with Crippen molar-refractivity contribution in [1.29, 1.82) is 0 Å². The molecule has 0 unspecified atom stereocenters. The Bertz CT molecular complexity index is 561. The van der Waals surface area contributed by atoms with Crippen LogP contribution in [0.15, 0.2) is 24.3 Å². The van der Waals surface area contributed by atoms with Crippen molar-refractivity contribution in [3.05, 3.63) is 35.4 Å². The third-order valence-electron chi connectivity index (χ3n) is 3.40. The lowest BCUT2D eigenvalue weighted by Gasteiger charge is -2.13. The molecule has 2 rings (SSSR count). The number of thioether (sulfide) groups is 1. The van der Waals surface area contributed by atoms with Gasteiger partial charge in [-0.2, -0.15) is 0 Å². The Labute approximate surface area is 133 Å². The molecular formula is C15H19N3O3S. The van der Waals surface area contributed by atoms with Crippen LogP contribution < -0.4 is 10.6 Å². The minimum Gasteiger partial charge on any atom is -0.338 e. The Morgan fingerprint density at radius 3 is 2.64 bits per heavy atom. The van der Waals surface area contributed by atoms with E-state index in [-0.39, 0.29) is 36.0 Å². The van der Waals surface area contributed by atoms with Gasteiger partial charge in [-0.15, -0.1) is 0 Å². The van der Waals surface area contributed by atoms with Gasteiger partial charge in [0, 0.05) is 19.6 Å². The molecule has 1 heterocycles. The zero-order valence-corrected chi connectivity index (χ0v) is 13.2. The minimum absolute atomic E-state index is 0.196. The molecule has 1 aliphatic heterocycles. The first kappa shape index (κ1) is 16.4. The first-order valence-corrected chi connectivity index (χ1v) is 8.10. The fourth-order valence-corrected chi connectivity index (χ4v) is 2.89. The molecule has 1 fully saturated rings. The summed E-state index contributed by atoms with van der Waals surface area (Å²) in [5.41, 5.74) is 2.40. The Morgan fingerprint density at radius 1 is 1.23 bits per heavy atom. The highest BCUT2D eigenvalue weighted by molar-refractivity contribution is 8.14. The largest absolute Gasteiger partial charge is 0.338 e. The summed E-state index contributed by atoms with van der Waals surface area (Å²) in [5.74, 6) is -0.00155. The molecule has 0 bridgehead atoms. The lowest BCUT2D eigenvalue weighted by atomic mass is 10.1. The van der Waals surface area contributed by atoms with Gasteiger partial charge in [0.15, 0.2) is 0 Å². The topological polar surface area (TPSA) is 78.5 Å². The molecule has 0 radical (unpaired) electrons. The van der Waals surface area contributed by atoms with Crippen molar-refractivity contribution in [3.63, 3.8) is 0 Å². The Hall–Kier alpha value is -2.02. The molecule has 2 N–H and O–H groups in total. The van der Waals surface area contributed by atoms with Gasteiger partial charge in [-0.1, -0.05) is 36.0 Å². The Morgan fingerprint density at radius 2 is 1.95 bits per heavy atom. The highest BCUT2D eigenvalue weighted by Gasteiger charge is 2.29. The molecule has 0 aromatic heterocycles. The lowest BCUT2D eigenvalue weighted by molar-refractivity contribution is -0.124. The standard InChI is InChI=1S/C15H19N3O3S/c1-11-4-2-3-5-12(11)6-7-16-14(20)17-8-9-18-13(19)10-22-15(18)21/h2-5H,6-10H2,1H3,(H2,16,17,20). The van der Waals surface area contributed by atoms with Gasteiger partial charge in [0.2, 0.25) is 5.91 Å². The molecule has 4 amide bonds. The number of nitrogens with zero attached hydrogens (tertiary/aromatic N) is 1. The van der Waals surface area contributed by atoms with Gasteiger partial charge in [0.1, 0.15) is 0 Å². The van der Waals surface area contributed by atoms with Crippen molar-refractivity contribution in [3.8, 4) is 0 Å². The van der Waals surface area contributed by atoms with Crippen LogP contribution in [0.25, 0.3) is 0 Å². The van der Waals surface area contributed by atoms with Crippen molar-refractivity contribution >= 4 is 28.9 Å². The lowest BCUT2D eigenvalue weighted by Crippen LogP contribution is -2.42. The predicted octanol–water partition coefficient (Wildman–Crippen LogP) is 1.53. The van der Waals surface area contributed by atoms with E-state index in [0.29, 0.717) is 6.54 Å². The Balaban J connectivity index is 1.63. The zero-order chi connectivity index (χ0) is 15.9. The summed E-state index contributed by atoms with van der Waals surface area (Å²) < 4.78 is 0. The van der Waals surface area contributed by atoms with E-state index in [1.54, 1.807) is 0 Å². The number of rotatable bonds is 6. The maximum Gasteiger partial charge on any atom is 0.314 e. The van der Waals surface area contributed by atoms with Gasteiger partial charge in [-0.3, -0.25) is 14.5 Å². The molecule has 0 atom stereocenters. The third kappa shape index (κ3) is 4.49. The second-order valence-corrected chi connectivity index (χ2v) is 5.89. The van der Waals surface area contributed by atoms with Crippen molar-refractivity contribution in [1.82, 2.24) is 15.5 Å². The number of benzene rings is 1. The predicted molar refractivity (Wildman–Crippen MR) is 85.9 cm³/mol. The van der Waals surface area contributed by atoms with Gasteiger partial charge in [-0.25, -0.2) is 4.79 Å². The van der Waals surface area contributed by atoms with E-state index in [1.807, 2.05) is 31.2 Å². The highest BCUT2D eigenvalue weighted by atomic mass is 32.2. The minimum atomic E-state index is -0.291. The second kappa shape index (κ2) is 7.84. The van der Waals surface area contributed by atoms with Crippen LogP contribution in [0.5, 0.6) is 0 Å².